The summed E-state index contributed by atoms with van der Waals surface area (Å²) in [5, 5.41) is 10.2. The monoisotopic (exact) mass is 261 g/mol. The molecule has 1 aliphatic carbocycles. The summed E-state index contributed by atoms with van der Waals surface area (Å²) >= 11 is 0. The number of hydrogen-bond donors (Lipinski definition) is 1. The Balaban J connectivity index is 2.16. The summed E-state index contributed by atoms with van der Waals surface area (Å²) in [6.07, 6.45) is 5.62. The average Bonchev–Trinajstić information content (AvgIpc) is 2.46. The molecule has 0 aromatic heterocycles. The molecule has 1 atom stereocenters. The molecule has 1 saturated carbocycles. The van der Waals surface area contributed by atoms with Gasteiger partial charge < -0.3 is 10.0 Å². The van der Waals surface area contributed by atoms with Gasteiger partial charge in [0, 0.05) is 24.3 Å². The molecule has 2 nitrogen and oxygen atoms in total. The number of aliphatic hydroxyl groups excluding tert-OH is 1. The van der Waals surface area contributed by atoms with Crippen LogP contribution in [0.25, 0.3) is 0 Å². The summed E-state index contributed by atoms with van der Waals surface area (Å²) in [7, 11) is 2.18. The Kier molecular flexibility index (Phi) is 4.87. The van der Waals surface area contributed by atoms with Crippen LogP contribution in [0.3, 0.4) is 0 Å². The summed E-state index contributed by atoms with van der Waals surface area (Å²) in [5.41, 5.74) is 2.28. The van der Waals surface area contributed by atoms with Gasteiger partial charge in [-0.05, 0) is 44.1 Å². The first-order valence-electron chi connectivity index (χ1n) is 7.63. The fourth-order valence-electron chi connectivity index (χ4n) is 3.14. The van der Waals surface area contributed by atoms with Crippen LogP contribution in [-0.4, -0.2) is 18.2 Å². The maximum Gasteiger partial charge on any atom is 0.0807 e. The van der Waals surface area contributed by atoms with Crippen molar-refractivity contribution in [3.63, 3.8) is 0 Å². The highest BCUT2D eigenvalue weighted by atomic mass is 16.3. The van der Waals surface area contributed by atoms with Crippen molar-refractivity contribution in [2.45, 2.75) is 58.1 Å². The molecule has 1 aromatic rings. The van der Waals surface area contributed by atoms with Crippen LogP contribution >= 0.6 is 0 Å². The van der Waals surface area contributed by atoms with Crippen LogP contribution < -0.4 is 4.90 Å². The molecule has 0 heterocycles. The van der Waals surface area contributed by atoms with Crippen LogP contribution in [0.2, 0.25) is 0 Å². The van der Waals surface area contributed by atoms with Gasteiger partial charge in [-0.15, -0.1) is 0 Å². The van der Waals surface area contributed by atoms with Gasteiger partial charge in [0.25, 0.3) is 0 Å². The van der Waals surface area contributed by atoms with Crippen LogP contribution in [0.1, 0.15) is 57.6 Å². The fraction of sp³-hybridized carbons (Fsp3) is 0.647. The molecule has 0 bridgehead atoms. The van der Waals surface area contributed by atoms with Gasteiger partial charge >= 0.3 is 0 Å². The molecule has 0 saturated heterocycles. The van der Waals surface area contributed by atoms with E-state index in [9.17, 15) is 5.11 Å². The highest BCUT2D eigenvalue weighted by Crippen LogP contribution is 2.33. The minimum absolute atomic E-state index is 0.346. The Hall–Kier alpha value is -1.02. The SMILES string of the molecule is CCC(O)c1ccccc1N(C)C1CCC(C)CC1. The van der Waals surface area contributed by atoms with E-state index in [1.165, 1.54) is 31.4 Å². The van der Waals surface area contributed by atoms with Gasteiger partial charge in [0.1, 0.15) is 0 Å². The van der Waals surface area contributed by atoms with Gasteiger partial charge in [-0.25, -0.2) is 0 Å². The Labute approximate surface area is 117 Å². The van der Waals surface area contributed by atoms with E-state index in [-0.39, 0.29) is 6.10 Å². The first-order chi connectivity index (χ1) is 9.13. The van der Waals surface area contributed by atoms with Gasteiger partial charge in [0.05, 0.1) is 6.10 Å². The highest BCUT2D eigenvalue weighted by Gasteiger charge is 2.24. The van der Waals surface area contributed by atoms with Crippen molar-refractivity contribution < 1.29 is 5.11 Å². The van der Waals surface area contributed by atoms with Crippen molar-refractivity contribution in [2.24, 2.45) is 5.92 Å². The van der Waals surface area contributed by atoms with Crippen LogP contribution in [0.4, 0.5) is 5.69 Å². The molecule has 0 amide bonds. The number of aliphatic hydroxyl groups is 1. The minimum atomic E-state index is -0.346. The van der Waals surface area contributed by atoms with Crippen molar-refractivity contribution in [2.75, 3.05) is 11.9 Å². The van der Waals surface area contributed by atoms with Crippen molar-refractivity contribution in [1.29, 1.82) is 0 Å². The number of benzene rings is 1. The zero-order valence-corrected chi connectivity index (χ0v) is 12.5. The van der Waals surface area contributed by atoms with Gasteiger partial charge in [0.15, 0.2) is 0 Å². The standard InChI is InChI=1S/C17H27NO/c1-4-17(19)15-7-5-6-8-16(15)18(3)14-11-9-13(2)10-12-14/h5-8,13-14,17,19H,4,9-12H2,1-3H3. The number of nitrogens with zero attached hydrogens (tertiary/aromatic N) is 1. The largest absolute Gasteiger partial charge is 0.388 e. The Bertz CT molecular complexity index is 396. The number of hydrogen-bond acceptors (Lipinski definition) is 2. The minimum Gasteiger partial charge on any atom is -0.388 e. The fourth-order valence-corrected chi connectivity index (χ4v) is 3.14. The second-order valence-corrected chi connectivity index (χ2v) is 6.01. The summed E-state index contributed by atoms with van der Waals surface area (Å²) in [5.74, 6) is 0.876. The lowest BCUT2D eigenvalue weighted by Crippen LogP contribution is -2.35. The van der Waals surface area contributed by atoms with E-state index in [4.69, 9.17) is 0 Å². The quantitative estimate of drug-likeness (QED) is 0.880. The average molecular weight is 261 g/mol. The molecular formula is C17H27NO. The van der Waals surface area contributed by atoms with E-state index < -0.39 is 0 Å². The van der Waals surface area contributed by atoms with Crippen LogP contribution in [0, 0.1) is 5.92 Å². The zero-order valence-electron chi connectivity index (χ0n) is 12.5. The molecule has 1 unspecified atom stereocenters. The van der Waals surface area contributed by atoms with E-state index in [0.717, 1.165) is 17.9 Å². The third-order valence-corrected chi connectivity index (χ3v) is 4.60. The molecule has 1 N–H and O–H groups in total. The predicted molar refractivity (Wildman–Crippen MR) is 81.5 cm³/mol. The number of para-hydroxylation sites is 1. The van der Waals surface area contributed by atoms with Crippen molar-refractivity contribution in [3.8, 4) is 0 Å². The predicted octanol–water partition coefficient (Wildman–Crippen LogP) is 4.14. The van der Waals surface area contributed by atoms with E-state index in [2.05, 4.69) is 37.1 Å². The normalized spacial score (nSPS) is 25.1. The van der Waals surface area contributed by atoms with E-state index in [1.54, 1.807) is 0 Å². The molecule has 1 aliphatic rings. The molecule has 2 heteroatoms. The Morgan fingerprint density at radius 3 is 2.47 bits per heavy atom. The number of rotatable bonds is 4. The maximum absolute atomic E-state index is 10.2. The maximum atomic E-state index is 10.2. The van der Waals surface area contributed by atoms with Gasteiger partial charge in [0.2, 0.25) is 0 Å². The molecule has 1 fully saturated rings. The smallest absolute Gasteiger partial charge is 0.0807 e. The van der Waals surface area contributed by atoms with Crippen LogP contribution in [-0.2, 0) is 0 Å². The molecule has 1 aromatic carbocycles. The Morgan fingerprint density at radius 2 is 1.84 bits per heavy atom. The van der Waals surface area contributed by atoms with Crippen LogP contribution in [0.15, 0.2) is 24.3 Å². The van der Waals surface area contributed by atoms with Gasteiger partial charge in [-0.1, -0.05) is 32.0 Å². The second kappa shape index (κ2) is 6.42. The van der Waals surface area contributed by atoms with Crippen molar-refractivity contribution in [3.05, 3.63) is 29.8 Å². The molecule has 0 radical (unpaired) electrons. The zero-order chi connectivity index (χ0) is 13.8. The summed E-state index contributed by atoms with van der Waals surface area (Å²) in [6, 6.07) is 8.93. The lowest BCUT2D eigenvalue weighted by molar-refractivity contribution is 0.174. The van der Waals surface area contributed by atoms with E-state index in [1.807, 2.05) is 13.0 Å². The molecular weight excluding hydrogens is 234 g/mol. The summed E-state index contributed by atoms with van der Waals surface area (Å²) in [6.45, 7) is 4.38. The molecule has 2 rings (SSSR count). The van der Waals surface area contributed by atoms with Gasteiger partial charge in [-0.3, -0.25) is 0 Å². The molecule has 106 valence electrons. The van der Waals surface area contributed by atoms with Crippen molar-refractivity contribution >= 4 is 5.69 Å². The lowest BCUT2D eigenvalue weighted by atomic mass is 9.86. The second-order valence-electron chi connectivity index (χ2n) is 6.01. The summed E-state index contributed by atoms with van der Waals surface area (Å²) in [4.78, 5) is 2.39. The van der Waals surface area contributed by atoms with Crippen molar-refractivity contribution in [1.82, 2.24) is 0 Å². The topological polar surface area (TPSA) is 23.5 Å². The Morgan fingerprint density at radius 1 is 1.21 bits per heavy atom. The molecule has 0 spiro atoms. The lowest BCUT2D eigenvalue weighted by Gasteiger charge is -2.36. The first kappa shape index (κ1) is 14.4. The summed E-state index contributed by atoms with van der Waals surface area (Å²) < 4.78 is 0. The molecule has 0 aliphatic heterocycles. The van der Waals surface area contributed by atoms with Crippen LogP contribution in [0.5, 0.6) is 0 Å². The third kappa shape index (κ3) is 3.30. The molecule has 19 heavy (non-hydrogen) atoms. The van der Waals surface area contributed by atoms with E-state index in [0.29, 0.717) is 6.04 Å². The number of anilines is 1. The third-order valence-electron chi connectivity index (χ3n) is 4.60. The highest BCUT2D eigenvalue weighted by molar-refractivity contribution is 5.54. The van der Waals surface area contributed by atoms with Gasteiger partial charge in [-0.2, -0.15) is 0 Å². The van der Waals surface area contributed by atoms with E-state index >= 15 is 0 Å². The first-order valence-corrected chi connectivity index (χ1v) is 7.63.